The van der Waals surface area contributed by atoms with E-state index in [1.807, 2.05) is 38.3 Å². The summed E-state index contributed by atoms with van der Waals surface area (Å²) < 4.78 is 1.53. The first-order chi connectivity index (χ1) is 9.97. The Morgan fingerprint density at radius 3 is 2.76 bits per heavy atom. The standard InChI is InChI=1S/C15H18ClN3OS/c1-5-11-13(16)14(19(3)18-11)15(20)17-12-8-10(21-4)7-6-9(12)2/h6-8H,5H2,1-4H3,(H,17,20). The molecule has 0 atom stereocenters. The van der Waals surface area contributed by atoms with Crippen molar-refractivity contribution in [3.8, 4) is 0 Å². The van der Waals surface area contributed by atoms with E-state index in [2.05, 4.69) is 10.4 Å². The van der Waals surface area contributed by atoms with Gasteiger partial charge in [-0.2, -0.15) is 5.10 Å². The Balaban J connectivity index is 2.32. The maximum Gasteiger partial charge on any atom is 0.275 e. The lowest BCUT2D eigenvalue weighted by Crippen LogP contribution is -2.17. The Morgan fingerprint density at radius 2 is 2.19 bits per heavy atom. The highest BCUT2D eigenvalue weighted by molar-refractivity contribution is 7.98. The zero-order valence-electron chi connectivity index (χ0n) is 12.5. The molecule has 0 aliphatic heterocycles. The Bertz CT molecular complexity index is 682. The van der Waals surface area contributed by atoms with Crippen molar-refractivity contribution in [1.82, 2.24) is 9.78 Å². The highest BCUT2D eigenvalue weighted by atomic mass is 35.5. The average molecular weight is 324 g/mol. The van der Waals surface area contributed by atoms with E-state index in [4.69, 9.17) is 11.6 Å². The molecule has 0 aliphatic carbocycles. The van der Waals surface area contributed by atoms with Crippen molar-refractivity contribution in [2.45, 2.75) is 25.2 Å². The first kappa shape index (κ1) is 15.9. The molecule has 1 N–H and O–H groups in total. The van der Waals surface area contributed by atoms with Gasteiger partial charge in [0.15, 0.2) is 0 Å². The molecule has 0 radical (unpaired) electrons. The number of hydrogen-bond acceptors (Lipinski definition) is 3. The SMILES string of the molecule is CCc1nn(C)c(C(=O)Nc2cc(SC)ccc2C)c1Cl. The number of aryl methyl sites for hydroxylation is 3. The topological polar surface area (TPSA) is 46.9 Å². The summed E-state index contributed by atoms with van der Waals surface area (Å²) in [6, 6.07) is 5.98. The summed E-state index contributed by atoms with van der Waals surface area (Å²) in [5, 5.41) is 7.62. The third kappa shape index (κ3) is 3.24. The van der Waals surface area contributed by atoms with E-state index in [9.17, 15) is 4.79 Å². The van der Waals surface area contributed by atoms with E-state index < -0.39 is 0 Å². The number of aromatic nitrogens is 2. The second-order valence-electron chi connectivity index (χ2n) is 4.72. The van der Waals surface area contributed by atoms with Gasteiger partial charge in [0, 0.05) is 17.6 Å². The van der Waals surface area contributed by atoms with Crippen LogP contribution in [0.1, 0.15) is 28.7 Å². The van der Waals surface area contributed by atoms with Gasteiger partial charge in [-0.25, -0.2) is 0 Å². The number of halogens is 1. The Labute approximate surface area is 133 Å². The minimum Gasteiger partial charge on any atom is -0.320 e. The van der Waals surface area contributed by atoms with Gasteiger partial charge in [0.25, 0.3) is 5.91 Å². The number of rotatable bonds is 4. The predicted octanol–water partition coefficient (Wildman–Crippen LogP) is 3.92. The van der Waals surface area contributed by atoms with Crippen LogP contribution in [0.25, 0.3) is 0 Å². The van der Waals surface area contributed by atoms with Crippen molar-refractivity contribution in [2.75, 3.05) is 11.6 Å². The first-order valence-electron chi connectivity index (χ1n) is 6.65. The first-order valence-corrected chi connectivity index (χ1v) is 8.25. The van der Waals surface area contributed by atoms with Crippen molar-refractivity contribution < 1.29 is 4.79 Å². The van der Waals surface area contributed by atoms with Crippen molar-refractivity contribution in [3.05, 3.63) is 40.2 Å². The molecule has 1 aromatic heterocycles. The van der Waals surface area contributed by atoms with Gasteiger partial charge in [-0.15, -0.1) is 11.8 Å². The molecule has 2 aromatic rings. The van der Waals surface area contributed by atoms with Crippen LogP contribution in [-0.2, 0) is 13.5 Å². The molecule has 0 unspecified atom stereocenters. The molecule has 1 amide bonds. The normalized spacial score (nSPS) is 10.7. The fourth-order valence-corrected chi connectivity index (χ4v) is 2.89. The molecule has 6 heteroatoms. The highest BCUT2D eigenvalue weighted by Gasteiger charge is 2.20. The summed E-state index contributed by atoms with van der Waals surface area (Å²) in [7, 11) is 1.73. The molecular weight excluding hydrogens is 306 g/mol. The summed E-state index contributed by atoms with van der Waals surface area (Å²) >= 11 is 7.87. The van der Waals surface area contributed by atoms with Crippen LogP contribution < -0.4 is 5.32 Å². The predicted molar refractivity (Wildman–Crippen MR) is 88.5 cm³/mol. The molecule has 2 rings (SSSR count). The van der Waals surface area contributed by atoms with Gasteiger partial charge in [-0.05, 0) is 37.3 Å². The fourth-order valence-electron chi connectivity index (χ4n) is 2.07. The molecule has 0 aliphatic rings. The molecule has 1 aromatic carbocycles. The van der Waals surface area contributed by atoms with Gasteiger partial charge in [0.05, 0.1) is 10.7 Å². The fraction of sp³-hybridized carbons (Fsp3) is 0.333. The Hall–Kier alpha value is -1.46. The summed E-state index contributed by atoms with van der Waals surface area (Å²) in [6.07, 6.45) is 2.70. The number of nitrogens with one attached hydrogen (secondary N) is 1. The number of thioether (sulfide) groups is 1. The maximum absolute atomic E-state index is 12.5. The molecule has 0 saturated heterocycles. The monoisotopic (exact) mass is 323 g/mol. The third-order valence-corrected chi connectivity index (χ3v) is 4.42. The van der Waals surface area contributed by atoms with Gasteiger partial charge in [-0.1, -0.05) is 24.6 Å². The van der Waals surface area contributed by atoms with Crippen molar-refractivity contribution in [1.29, 1.82) is 0 Å². The maximum atomic E-state index is 12.5. The van der Waals surface area contributed by atoms with E-state index in [-0.39, 0.29) is 5.91 Å². The second kappa shape index (κ2) is 6.54. The van der Waals surface area contributed by atoms with E-state index in [1.54, 1.807) is 18.8 Å². The lowest BCUT2D eigenvalue weighted by atomic mass is 10.2. The van der Waals surface area contributed by atoms with Gasteiger partial charge >= 0.3 is 0 Å². The molecule has 0 spiro atoms. The molecule has 0 fully saturated rings. The smallest absolute Gasteiger partial charge is 0.275 e. The quantitative estimate of drug-likeness (QED) is 0.867. The van der Waals surface area contributed by atoms with Crippen LogP contribution in [-0.4, -0.2) is 21.9 Å². The zero-order valence-corrected chi connectivity index (χ0v) is 14.1. The van der Waals surface area contributed by atoms with Crippen LogP contribution in [0.4, 0.5) is 5.69 Å². The van der Waals surface area contributed by atoms with Gasteiger partial charge < -0.3 is 5.32 Å². The molecule has 112 valence electrons. The second-order valence-corrected chi connectivity index (χ2v) is 5.98. The van der Waals surface area contributed by atoms with Crippen LogP contribution in [0.3, 0.4) is 0 Å². The number of benzene rings is 1. The van der Waals surface area contributed by atoms with Crippen molar-refractivity contribution in [3.63, 3.8) is 0 Å². The van der Waals surface area contributed by atoms with Crippen LogP contribution >= 0.6 is 23.4 Å². The van der Waals surface area contributed by atoms with E-state index in [0.29, 0.717) is 17.1 Å². The van der Waals surface area contributed by atoms with E-state index >= 15 is 0 Å². The van der Waals surface area contributed by atoms with Gasteiger partial charge in [0.2, 0.25) is 0 Å². The minimum absolute atomic E-state index is 0.240. The van der Waals surface area contributed by atoms with Gasteiger partial charge in [-0.3, -0.25) is 9.48 Å². The summed E-state index contributed by atoms with van der Waals surface area (Å²) in [6.45, 7) is 3.92. The third-order valence-electron chi connectivity index (χ3n) is 3.30. The lowest BCUT2D eigenvalue weighted by Gasteiger charge is -2.10. The van der Waals surface area contributed by atoms with E-state index in [1.165, 1.54) is 4.68 Å². The number of carbonyl (C=O) groups is 1. The van der Waals surface area contributed by atoms with E-state index in [0.717, 1.165) is 21.8 Å². The van der Waals surface area contributed by atoms with Crippen LogP contribution in [0.5, 0.6) is 0 Å². The summed E-state index contributed by atoms with van der Waals surface area (Å²) in [4.78, 5) is 13.6. The number of hydrogen-bond donors (Lipinski definition) is 1. The highest BCUT2D eigenvalue weighted by Crippen LogP contribution is 2.25. The van der Waals surface area contributed by atoms with Crippen molar-refractivity contribution >= 4 is 35.0 Å². The Kier molecular flexibility index (Phi) is 4.96. The van der Waals surface area contributed by atoms with Gasteiger partial charge in [0.1, 0.15) is 5.69 Å². The van der Waals surface area contributed by atoms with Crippen LogP contribution in [0, 0.1) is 6.92 Å². The average Bonchev–Trinajstić information content (AvgIpc) is 2.75. The minimum atomic E-state index is -0.240. The molecule has 1 heterocycles. The molecule has 21 heavy (non-hydrogen) atoms. The van der Waals surface area contributed by atoms with Crippen LogP contribution in [0.15, 0.2) is 23.1 Å². The molecule has 4 nitrogen and oxygen atoms in total. The lowest BCUT2D eigenvalue weighted by molar-refractivity contribution is 0.101. The van der Waals surface area contributed by atoms with Crippen LogP contribution in [0.2, 0.25) is 5.02 Å². The molecule has 0 saturated carbocycles. The molecular formula is C15H18ClN3OS. The number of anilines is 1. The summed E-state index contributed by atoms with van der Waals surface area (Å²) in [5.74, 6) is -0.240. The molecule has 0 bridgehead atoms. The summed E-state index contributed by atoms with van der Waals surface area (Å²) in [5.41, 5.74) is 2.93. The number of amides is 1. The number of nitrogens with zero attached hydrogens (tertiary/aromatic N) is 2. The van der Waals surface area contributed by atoms with Crippen molar-refractivity contribution in [2.24, 2.45) is 7.05 Å². The largest absolute Gasteiger partial charge is 0.320 e. The number of carbonyl (C=O) groups excluding carboxylic acids is 1. The Morgan fingerprint density at radius 1 is 1.48 bits per heavy atom. The zero-order chi connectivity index (χ0) is 15.6.